The van der Waals surface area contributed by atoms with Crippen molar-refractivity contribution in [3.63, 3.8) is 0 Å². The van der Waals surface area contributed by atoms with E-state index in [0.717, 1.165) is 0 Å². The van der Waals surface area contributed by atoms with Gasteiger partial charge in [0.1, 0.15) is 11.5 Å². The first-order chi connectivity index (χ1) is 15.8. The van der Waals surface area contributed by atoms with Gasteiger partial charge in [-0.2, -0.15) is 5.26 Å². The Hall–Kier alpha value is -4.03. The maximum Gasteiger partial charge on any atom is 0.264 e. The predicted octanol–water partition coefficient (Wildman–Crippen LogP) is 3.80. The molecule has 0 heterocycles. The molecule has 1 amide bonds. The quantitative estimate of drug-likeness (QED) is 0.515. The van der Waals surface area contributed by atoms with Crippen LogP contribution in [0.1, 0.15) is 12.5 Å². The Morgan fingerprint density at radius 3 is 2.27 bits per heavy atom. The van der Waals surface area contributed by atoms with E-state index < -0.39 is 10.0 Å². The molecule has 1 N–H and O–H groups in total. The SMILES string of the molecule is CCOc1ccc(S(=O)(=O)N(C)c2ccc(OCC(=O)Nc3cccc(C#N)c3)cc2)cc1. The van der Waals surface area contributed by atoms with Crippen LogP contribution >= 0.6 is 0 Å². The Balaban J connectivity index is 1.60. The first-order valence-corrected chi connectivity index (χ1v) is 11.5. The van der Waals surface area contributed by atoms with Crippen LogP contribution < -0.4 is 19.1 Å². The number of rotatable bonds is 9. The highest BCUT2D eigenvalue weighted by molar-refractivity contribution is 7.92. The van der Waals surface area contributed by atoms with Crippen LogP contribution in [-0.2, 0) is 14.8 Å². The van der Waals surface area contributed by atoms with Crippen molar-refractivity contribution in [3.8, 4) is 17.6 Å². The molecule has 3 aromatic carbocycles. The molecule has 0 atom stereocenters. The van der Waals surface area contributed by atoms with Crippen LogP contribution in [-0.4, -0.2) is 34.6 Å². The molecule has 0 saturated heterocycles. The molecule has 0 aromatic heterocycles. The molecule has 0 radical (unpaired) electrons. The smallest absolute Gasteiger partial charge is 0.264 e. The summed E-state index contributed by atoms with van der Waals surface area (Å²) in [4.78, 5) is 12.2. The lowest BCUT2D eigenvalue weighted by molar-refractivity contribution is -0.118. The normalized spacial score (nSPS) is 10.7. The Labute approximate surface area is 193 Å². The van der Waals surface area contributed by atoms with Crippen LogP contribution in [0.25, 0.3) is 0 Å². The molecule has 33 heavy (non-hydrogen) atoms. The summed E-state index contributed by atoms with van der Waals surface area (Å²) in [6, 6.07) is 21.1. The Morgan fingerprint density at radius 2 is 1.64 bits per heavy atom. The average Bonchev–Trinajstić information content (AvgIpc) is 2.83. The number of carbonyl (C=O) groups is 1. The highest BCUT2D eigenvalue weighted by Crippen LogP contribution is 2.25. The van der Waals surface area contributed by atoms with Crippen molar-refractivity contribution in [1.29, 1.82) is 5.26 Å². The van der Waals surface area contributed by atoms with Crippen LogP contribution in [0.5, 0.6) is 11.5 Å². The molecule has 0 saturated carbocycles. The highest BCUT2D eigenvalue weighted by Gasteiger charge is 2.21. The fourth-order valence-corrected chi connectivity index (χ4v) is 4.13. The lowest BCUT2D eigenvalue weighted by atomic mass is 10.2. The summed E-state index contributed by atoms with van der Waals surface area (Å²) in [5.41, 5.74) is 1.38. The summed E-state index contributed by atoms with van der Waals surface area (Å²) in [6.45, 7) is 2.11. The van der Waals surface area contributed by atoms with Gasteiger partial charge in [-0.1, -0.05) is 6.07 Å². The van der Waals surface area contributed by atoms with E-state index in [1.807, 2.05) is 13.0 Å². The number of hydrogen-bond acceptors (Lipinski definition) is 6. The third-order valence-corrected chi connectivity index (χ3v) is 6.44. The van der Waals surface area contributed by atoms with Crippen molar-refractivity contribution in [1.82, 2.24) is 0 Å². The minimum atomic E-state index is -3.75. The molecule has 3 rings (SSSR count). The average molecular weight is 466 g/mol. The molecule has 8 nitrogen and oxygen atoms in total. The van der Waals surface area contributed by atoms with Gasteiger partial charge in [-0.05, 0) is 73.7 Å². The van der Waals surface area contributed by atoms with Gasteiger partial charge < -0.3 is 14.8 Å². The Morgan fingerprint density at radius 1 is 1.00 bits per heavy atom. The number of nitrogens with zero attached hydrogens (tertiary/aromatic N) is 2. The number of ether oxygens (including phenoxy) is 2. The van der Waals surface area contributed by atoms with Crippen LogP contribution in [0.2, 0.25) is 0 Å². The van der Waals surface area contributed by atoms with Crippen LogP contribution in [0.3, 0.4) is 0 Å². The zero-order valence-electron chi connectivity index (χ0n) is 18.2. The first-order valence-electron chi connectivity index (χ1n) is 10.1. The second kappa shape index (κ2) is 10.5. The molecule has 0 bridgehead atoms. The third kappa shape index (κ3) is 6.02. The van der Waals surface area contributed by atoms with Crippen LogP contribution in [0.4, 0.5) is 11.4 Å². The van der Waals surface area contributed by atoms with Gasteiger partial charge in [0.2, 0.25) is 0 Å². The molecule has 0 spiro atoms. The first kappa shape index (κ1) is 23.6. The van der Waals surface area contributed by atoms with E-state index >= 15 is 0 Å². The van der Waals surface area contributed by atoms with Gasteiger partial charge in [0.25, 0.3) is 15.9 Å². The number of carbonyl (C=O) groups excluding carboxylic acids is 1. The molecular weight excluding hydrogens is 442 g/mol. The minimum absolute atomic E-state index is 0.144. The van der Waals surface area contributed by atoms with Gasteiger partial charge in [0.15, 0.2) is 6.61 Å². The highest BCUT2D eigenvalue weighted by atomic mass is 32.2. The fraction of sp³-hybridized carbons (Fsp3) is 0.167. The zero-order chi connectivity index (χ0) is 23.8. The summed E-state index contributed by atoms with van der Waals surface area (Å²) < 4.78 is 37.8. The number of nitriles is 1. The number of benzene rings is 3. The molecule has 0 fully saturated rings. The molecule has 3 aromatic rings. The predicted molar refractivity (Wildman–Crippen MR) is 125 cm³/mol. The van der Waals surface area contributed by atoms with E-state index in [4.69, 9.17) is 14.7 Å². The van der Waals surface area contributed by atoms with Gasteiger partial charge in [0.05, 0.1) is 28.8 Å². The van der Waals surface area contributed by atoms with Crippen LogP contribution in [0.15, 0.2) is 77.7 Å². The van der Waals surface area contributed by atoms with E-state index in [9.17, 15) is 13.2 Å². The maximum atomic E-state index is 12.9. The van der Waals surface area contributed by atoms with Crippen molar-refractivity contribution in [2.24, 2.45) is 0 Å². The standard InChI is InChI=1S/C24H23N3O5S/c1-3-31-21-11-13-23(14-12-21)33(29,30)27(2)20-7-9-22(10-8-20)32-17-24(28)26-19-6-4-5-18(15-19)16-25/h4-15H,3,17H2,1-2H3,(H,26,28). The number of amides is 1. The summed E-state index contributed by atoms with van der Waals surface area (Å²) in [5.74, 6) is 0.623. The molecule has 170 valence electrons. The molecule has 0 aliphatic rings. The third-order valence-electron chi connectivity index (χ3n) is 4.64. The zero-order valence-corrected chi connectivity index (χ0v) is 19.0. The monoisotopic (exact) mass is 465 g/mol. The van der Waals surface area contributed by atoms with Crippen molar-refractivity contribution in [2.75, 3.05) is 29.9 Å². The van der Waals surface area contributed by atoms with E-state index in [-0.39, 0.29) is 17.4 Å². The summed E-state index contributed by atoms with van der Waals surface area (Å²) in [6.07, 6.45) is 0. The Bertz CT molecular complexity index is 1250. The maximum absolute atomic E-state index is 12.9. The van der Waals surface area contributed by atoms with Gasteiger partial charge in [-0.25, -0.2) is 8.42 Å². The summed E-state index contributed by atoms with van der Waals surface area (Å²) in [7, 11) is -2.29. The van der Waals surface area contributed by atoms with Gasteiger partial charge in [-0.15, -0.1) is 0 Å². The topological polar surface area (TPSA) is 109 Å². The van der Waals surface area contributed by atoms with E-state index in [2.05, 4.69) is 5.32 Å². The van der Waals surface area contributed by atoms with Gasteiger partial charge in [-0.3, -0.25) is 9.10 Å². The van der Waals surface area contributed by atoms with Crippen LogP contribution in [0, 0.1) is 11.3 Å². The van der Waals surface area contributed by atoms with E-state index in [1.165, 1.54) is 23.5 Å². The number of sulfonamides is 1. The van der Waals surface area contributed by atoms with E-state index in [0.29, 0.717) is 35.0 Å². The number of hydrogen-bond donors (Lipinski definition) is 1. The van der Waals surface area contributed by atoms with Crippen molar-refractivity contribution in [2.45, 2.75) is 11.8 Å². The number of nitrogens with one attached hydrogen (secondary N) is 1. The number of anilines is 2. The molecule has 9 heteroatoms. The lowest BCUT2D eigenvalue weighted by Gasteiger charge is -2.20. The molecular formula is C24H23N3O5S. The van der Waals surface area contributed by atoms with Crippen molar-refractivity contribution < 1.29 is 22.7 Å². The van der Waals surface area contributed by atoms with Crippen molar-refractivity contribution >= 4 is 27.3 Å². The second-order valence-corrected chi connectivity index (χ2v) is 8.87. The minimum Gasteiger partial charge on any atom is -0.494 e. The largest absolute Gasteiger partial charge is 0.494 e. The van der Waals surface area contributed by atoms with Gasteiger partial charge in [0, 0.05) is 12.7 Å². The summed E-state index contributed by atoms with van der Waals surface area (Å²) in [5, 5.41) is 11.6. The molecule has 0 aliphatic carbocycles. The second-order valence-electron chi connectivity index (χ2n) is 6.90. The molecule has 0 aliphatic heterocycles. The summed E-state index contributed by atoms with van der Waals surface area (Å²) >= 11 is 0. The van der Waals surface area contributed by atoms with E-state index in [1.54, 1.807) is 60.7 Å². The van der Waals surface area contributed by atoms with Crippen molar-refractivity contribution in [3.05, 3.63) is 78.4 Å². The molecule has 0 unspecified atom stereocenters. The Kier molecular flexibility index (Phi) is 7.53. The fourth-order valence-electron chi connectivity index (χ4n) is 2.94. The lowest BCUT2D eigenvalue weighted by Crippen LogP contribution is -2.26. The van der Waals surface area contributed by atoms with Gasteiger partial charge >= 0.3 is 0 Å².